The Kier molecular flexibility index (Phi) is 4.00. The van der Waals surface area contributed by atoms with Crippen LogP contribution in [-0.4, -0.2) is 38.7 Å². The van der Waals surface area contributed by atoms with Crippen LogP contribution in [0.2, 0.25) is 0 Å². The molecule has 6 nitrogen and oxygen atoms in total. The molecule has 0 bridgehead atoms. The van der Waals surface area contributed by atoms with E-state index in [1.165, 1.54) is 12.1 Å². The van der Waals surface area contributed by atoms with Crippen LogP contribution in [0, 0.1) is 0 Å². The third-order valence-electron chi connectivity index (χ3n) is 2.60. The fraction of sp³-hybridized carbons (Fsp3) is 0.500. The normalized spacial score (nSPS) is 17.8. The third-order valence-corrected chi connectivity index (χ3v) is 5.69. The average molecular weight is 291 g/mol. The van der Waals surface area contributed by atoms with E-state index in [9.17, 15) is 13.2 Å². The average Bonchev–Trinajstić information content (AvgIpc) is 2.79. The van der Waals surface area contributed by atoms with E-state index in [2.05, 4.69) is 4.72 Å². The van der Waals surface area contributed by atoms with Gasteiger partial charge in [0.2, 0.25) is 10.0 Å². The molecule has 0 spiro atoms. The SMILES string of the molecule is O=C(O)c1ccc(S(=O)(=O)NC2CCOCC2)s1. The molecule has 1 aromatic rings. The lowest BCUT2D eigenvalue weighted by Gasteiger charge is -2.22. The van der Waals surface area contributed by atoms with Crippen LogP contribution < -0.4 is 4.72 Å². The molecular formula is C10H13NO5S2. The van der Waals surface area contributed by atoms with Crippen LogP contribution in [0.15, 0.2) is 16.3 Å². The Bertz CT molecular complexity index is 530. The first-order chi connectivity index (χ1) is 8.49. The van der Waals surface area contributed by atoms with Crippen LogP contribution in [0.3, 0.4) is 0 Å². The minimum absolute atomic E-state index is 0.0161. The minimum atomic E-state index is -3.62. The van der Waals surface area contributed by atoms with Crippen LogP contribution in [-0.2, 0) is 14.8 Å². The molecule has 2 N–H and O–H groups in total. The lowest BCUT2D eigenvalue weighted by Crippen LogP contribution is -2.38. The number of rotatable bonds is 4. The van der Waals surface area contributed by atoms with Crippen molar-refractivity contribution in [1.82, 2.24) is 4.72 Å². The van der Waals surface area contributed by atoms with E-state index in [0.717, 1.165) is 11.3 Å². The highest BCUT2D eigenvalue weighted by atomic mass is 32.2. The van der Waals surface area contributed by atoms with E-state index < -0.39 is 16.0 Å². The molecule has 1 aliphatic rings. The molecule has 0 aliphatic carbocycles. The maximum absolute atomic E-state index is 12.0. The Morgan fingerprint density at radius 1 is 1.39 bits per heavy atom. The summed E-state index contributed by atoms with van der Waals surface area (Å²) in [5.74, 6) is -1.12. The number of hydrogen-bond donors (Lipinski definition) is 2. The van der Waals surface area contributed by atoms with Crippen molar-refractivity contribution in [3.63, 3.8) is 0 Å². The molecule has 1 saturated heterocycles. The molecular weight excluding hydrogens is 278 g/mol. The number of hydrogen-bond acceptors (Lipinski definition) is 5. The molecule has 0 saturated carbocycles. The highest BCUT2D eigenvalue weighted by Crippen LogP contribution is 2.22. The highest BCUT2D eigenvalue weighted by molar-refractivity contribution is 7.91. The monoisotopic (exact) mass is 291 g/mol. The van der Waals surface area contributed by atoms with Crippen LogP contribution in [0.5, 0.6) is 0 Å². The predicted octanol–water partition coefficient (Wildman–Crippen LogP) is 0.904. The summed E-state index contributed by atoms with van der Waals surface area (Å²) in [4.78, 5) is 10.7. The van der Waals surface area contributed by atoms with Crippen LogP contribution in [0.4, 0.5) is 0 Å². The summed E-state index contributed by atoms with van der Waals surface area (Å²) in [6, 6.07) is 2.47. The van der Waals surface area contributed by atoms with Gasteiger partial charge in [0.15, 0.2) is 0 Å². The molecule has 1 fully saturated rings. The van der Waals surface area contributed by atoms with E-state index in [-0.39, 0.29) is 15.1 Å². The summed E-state index contributed by atoms with van der Waals surface area (Å²) < 4.78 is 31.8. The van der Waals surface area contributed by atoms with Gasteiger partial charge >= 0.3 is 5.97 Å². The molecule has 1 aliphatic heterocycles. The second-order valence-corrected chi connectivity index (χ2v) is 6.96. The number of thiophene rings is 1. The highest BCUT2D eigenvalue weighted by Gasteiger charge is 2.24. The molecule has 1 aromatic heterocycles. The van der Waals surface area contributed by atoms with Crippen LogP contribution in [0.1, 0.15) is 22.5 Å². The van der Waals surface area contributed by atoms with Crippen molar-refractivity contribution >= 4 is 27.3 Å². The van der Waals surface area contributed by atoms with Gasteiger partial charge in [0.05, 0.1) is 0 Å². The van der Waals surface area contributed by atoms with Gasteiger partial charge in [-0.25, -0.2) is 17.9 Å². The zero-order chi connectivity index (χ0) is 13.2. The van der Waals surface area contributed by atoms with E-state index in [0.29, 0.717) is 26.1 Å². The van der Waals surface area contributed by atoms with Gasteiger partial charge < -0.3 is 9.84 Å². The number of carboxylic acids is 1. The van der Waals surface area contributed by atoms with Gasteiger partial charge in [0.25, 0.3) is 0 Å². The maximum atomic E-state index is 12.0. The van der Waals surface area contributed by atoms with Gasteiger partial charge in [-0.3, -0.25) is 0 Å². The van der Waals surface area contributed by atoms with Gasteiger partial charge in [0.1, 0.15) is 9.09 Å². The molecule has 0 aromatic carbocycles. The second-order valence-electron chi connectivity index (χ2n) is 3.93. The minimum Gasteiger partial charge on any atom is -0.477 e. The number of aromatic carboxylic acids is 1. The molecule has 0 atom stereocenters. The zero-order valence-electron chi connectivity index (χ0n) is 9.46. The van der Waals surface area contributed by atoms with Crippen LogP contribution >= 0.6 is 11.3 Å². The first-order valence-electron chi connectivity index (χ1n) is 5.42. The standard InChI is InChI=1S/C10H13NO5S2/c12-10(13)8-1-2-9(17-8)18(14,15)11-7-3-5-16-6-4-7/h1-2,7,11H,3-6H2,(H,12,13). The zero-order valence-corrected chi connectivity index (χ0v) is 11.1. The van der Waals surface area contributed by atoms with Gasteiger partial charge in [-0.1, -0.05) is 0 Å². The third kappa shape index (κ3) is 3.08. The van der Waals surface area contributed by atoms with Crippen molar-refractivity contribution in [2.75, 3.05) is 13.2 Å². The van der Waals surface area contributed by atoms with Crippen molar-refractivity contribution in [2.24, 2.45) is 0 Å². The molecule has 0 radical (unpaired) electrons. The van der Waals surface area contributed by atoms with Crippen molar-refractivity contribution in [3.8, 4) is 0 Å². The summed E-state index contributed by atoms with van der Waals surface area (Å²) in [5.41, 5.74) is 0. The van der Waals surface area contributed by atoms with E-state index >= 15 is 0 Å². The first kappa shape index (κ1) is 13.5. The number of carboxylic acid groups (broad SMARTS) is 1. The van der Waals surface area contributed by atoms with Crippen molar-refractivity contribution in [3.05, 3.63) is 17.0 Å². The maximum Gasteiger partial charge on any atom is 0.345 e. The van der Waals surface area contributed by atoms with Gasteiger partial charge in [-0.05, 0) is 25.0 Å². The summed E-state index contributed by atoms with van der Waals surface area (Å²) in [5, 5.41) is 8.76. The van der Waals surface area contributed by atoms with E-state index in [4.69, 9.17) is 9.84 Å². The summed E-state index contributed by atoms with van der Waals surface area (Å²) in [7, 11) is -3.62. The first-order valence-corrected chi connectivity index (χ1v) is 7.72. The van der Waals surface area contributed by atoms with Gasteiger partial charge in [0, 0.05) is 19.3 Å². The van der Waals surface area contributed by atoms with Gasteiger partial charge in [-0.2, -0.15) is 0 Å². The molecule has 18 heavy (non-hydrogen) atoms. The Morgan fingerprint density at radius 3 is 2.61 bits per heavy atom. The fourth-order valence-corrected chi connectivity index (χ4v) is 4.14. The number of sulfonamides is 1. The van der Waals surface area contributed by atoms with Gasteiger partial charge in [-0.15, -0.1) is 11.3 Å². The Labute approximate surface area is 109 Å². The smallest absolute Gasteiger partial charge is 0.345 e. The topological polar surface area (TPSA) is 92.7 Å². The van der Waals surface area contributed by atoms with E-state index in [1.807, 2.05) is 0 Å². The summed E-state index contributed by atoms with van der Waals surface area (Å²) in [6.07, 6.45) is 1.27. The second kappa shape index (κ2) is 5.35. The largest absolute Gasteiger partial charge is 0.477 e. The lowest BCUT2D eigenvalue weighted by atomic mass is 10.1. The number of nitrogens with one attached hydrogen (secondary N) is 1. The Morgan fingerprint density at radius 2 is 2.06 bits per heavy atom. The Balaban J connectivity index is 2.11. The van der Waals surface area contributed by atoms with Crippen LogP contribution in [0.25, 0.3) is 0 Å². The fourth-order valence-electron chi connectivity index (χ4n) is 1.67. The van der Waals surface area contributed by atoms with Crippen molar-refractivity contribution in [2.45, 2.75) is 23.1 Å². The molecule has 8 heteroatoms. The number of carbonyl (C=O) groups is 1. The number of ether oxygens (including phenoxy) is 1. The molecule has 100 valence electrons. The lowest BCUT2D eigenvalue weighted by molar-refractivity contribution is 0.0702. The summed E-state index contributed by atoms with van der Waals surface area (Å²) >= 11 is 0.755. The van der Waals surface area contributed by atoms with Crippen molar-refractivity contribution in [1.29, 1.82) is 0 Å². The Hall–Kier alpha value is -0.960. The van der Waals surface area contributed by atoms with Crippen molar-refractivity contribution < 1.29 is 23.1 Å². The molecule has 0 unspecified atom stereocenters. The molecule has 0 amide bonds. The predicted molar refractivity (Wildman–Crippen MR) is 65.4 cm³/mol. The quantitative estimate of drug-likeness (QED) is 0.860. The summed E-state index contributed by atoms with van der Waals surface area (Å²) in [6.45, 7) is 1.08. The molecule has 2 heterocycles. The molecule has 2 rings (SSSR count). The van der Waals surface area contributed by atoms with E-state index in [1.54, 1.807) is 0 Å².